The lowest BCUT2D eigenvalue weighted by atomic mass is 9.92. The van der Waals surface area contributed by atoms with E-state index in [0.717, 1.165) is 22.4 Å². The van der Waals surface area contributed by atoms with E-state index in [1.807, 2.05) is 69.3 Å². The quantitative estimate of drug-likeness (QED) is 0.826. The number of rotatable bonds is 6. The maximum atomic E-state index is 12.5. The summed E-state index contributed by atoms with van der Waals surface area (Å²) in [7, 11) is 0. The third-order valence-corrected chi connectivity index (χ3v) is 4.11. The van der Waals surface area contributed by atoms with Gasteiger partial charge in [0.2, 0.25) is 5.91 Å². The average molecular weight is 363 g/mol. The van der Waals surface area contributed by atoms with Crippen LogP contribution in [0.1, 0.15) is 30.5 Å². The van der Waals surface area contributed by atoms with E-state index in [1.165, 1.54) is 0 Å². The Morgan fingerprint density at radius 1 is 1.12 bits per heavy atom. The van der Waals surface area contributed by atoms with Crippen LogP contribution >= 0.6 is 12.4 Å². The first-order valence-electron chi connectivity index (χ1n) is 8.16. The van der Waals surface area contributed by atoms with Crippen molar-refractivity contribution < 1.29 is 9.53 Å². The molecule has 0 aliphatic rings. The zero-order chi connectivity index (χ0) is 17.7. The van der Waals surface area contributed by atoms with Crippen molar-refractivity contribution in [3.8, 4) is 5.75 Å². The van der Waals surface area contributed by atoms with E-state index < -0.39 is 5.54 Å². The number of hydrogen-bond acceptors (Lipinski definition) is 3. The monoisotopic (exact) mass is 362 g/mol. The summed E-state index contributed by atoms with van der Waals surface area (Å²) in [5.41, 5.74) is 8.11. The molecule has 5 heteroatoms. The molecule has 0 aliphatic heterocycles. The molecule has 0 bridgehead atoms. The fourth-order valence-corrected chi connectivity index (χ4v) is 2.57. The van der Waals surface area contributed by atoms with Crippen LogP contribution in [0.4, 0.5) is 0 Å². The Bertz CT molecular complexity index is 682. The minimum absolute atomic E-state index is 0. The minimum Gasteiger partial charge on any atom is -0.491 e. The van der Waals surface area contributed by atoms with Gasteiger partial charge in [-0.2, -0.15) is 0 Å². The van der Waals surface area contributed by atoms with Crippen molar-refractivity contribution in [2.75, 3.05) is 6.61 Å². The zero-order valence-corrected chi connectivity index (χ0v) is 16.0. The van der Waals surface area contributed by atoms with Crippen molar-refractivity contribution in [3.63, 3.8) is 0 Å². The predicted octanol–water partition coefficient (Wildman–Crippen LogP) is 3.48. The summed E-state index contributed by atoms with van der Waals surface area (Å²) in [6.45, 7) is 8.04. The van der Waals surface area contributed by atoms with Gasteiger partial charge in [0.1, 0.15) is 17.9 Å². The topological polar surface area (TPSA) is 64.3 Å². The largest absolute Gasteiger partial charge is 0.491 e. The Labute approximate surface area is 156 Å². The fraction of sp³-hybridized carbons (Fsp3) is 0.350. The van der Waals surface area contributed by atoms with Gasteiger partial charge < -0.3 is 15.8 Å². The Morgan fingerprint density at radius 3 is 2.24 bits per heavy atom. The maximum absolute atomic E-state index is 12.5. The number of benzene rings is 2. The Kier molecular flexibility index (Phi) is 7.46. The highest BCUT2D eigenvalue weighted by atomic mass is 35.5. The maximum Gasteiger partial charge on any atom is 0.244 e. The number of ether oxygens (including phenoxy) is 1. The fourth-order valence-electron chi connectivity index (χ4n) is 2.57. The lowest BCUT2D eigenvalue weighted by Gasteiger charge is -2.26. The molecule has 0 saturated carbocycles. The first-order chi connectivity index (χ1) is 11.3. The van der Waals surface area contributed by atoms with Crippen LogP contribution in [0.5, 0.6) is 5.75 Å². The standard InChI is InChI=1S/C20H26N2O2.ClH/c1-14-9-8-10-15(2)18(14)24-13-16(3)22-19(23)20(4,21)17-11-6-5-7-12-17;/h5-12,16H,13,21H2,1-4H3,(H,22,23);1H. The van der Waals surface area contributed by atoms with E-state index in [1.54, 1.807) is 6.92 Å². The summed E-state index contributed by atoms with van der Waals surface area (Å²) in [6, 6.07) is 15.2. The number of nitrogens with two attached hydrogens (primary N) is 1. The van der Waals surface area contributed by atoms with Gasteiger partial charge in [0.05, 0.1) is 6.04 Å². The van der Waals surface area contributed by atoms with Gasteiger partial charge in [-0.3, -0.25) is 4.79 Å². The SMILES string of the molecule is Cc1cccc(C)c1OCC(C)NC(=O)C(C)(N)c1ccccc1.Cl. The number of carbonyl (C=O) groups excluding carboxylic acids is 1. The first-order valence-corrected chi connectivity index (χ1v) is 8.16. The van der Waals surface area contributed by atoms with E-state index in [0.29, 0.717) is 6.61 Å². The van der Waals surface area contributed by atoms with Gasteiger partial charge in [-0.25, -0.2) is 0 Å². The molecule has 2 unspecified atom stereocenters. The first kappa shape index (κ1) is 21.0. The second kappa shape index (κ2) is 8.88. The third-order valence-electron chi connectivity index (χ3n) is 4.11. The molecule has 2 aromatic carbocycles. The molecule has 0 fully saturated rings. The van der Waals surface area contributed by atoms with Gasteiger partial charge in [-0.1, -0.05) is 48.5 Å². The highest BCUT2D eigenvalue weighted by Crippen LogP contribution is 2.22. The number of amides is 1. The van der Waals surface area contributed by atoms with Crippen molar-refractivity contribution in [1.29, 1.82) is 0 Å². The number of hydrogen-bond donors (Lipinski definition) is 2. The summed E-state index contributed by atoms with van der Waals surface area (Å²) in [5.74, 6) is 0.656. The average Bonchev–Trinajstić information content (AvgIpc) is 2.55. The smallest absolute Gasteiger partial charge is 0.244 e. The molecular formula is C20H27ClN2O2. The van der Waals surface area contributed by atoms with Gasteiger partial charge in [0.25, 0.3) is 0 Å². The normalized spacial score (nSPS) is 14.0. The molecule has 0 spiro atoms. The molecule has 3 N–H and O–H groups in total. The third kappa shape index (κ3) is 5.21. The molecule has 4 nitrogen and oxygen atoms in total. The number of halogens is 1. The highest BCUT2D eigenvalue weighted by Gasteiger charge is 2.31. The van der Waals surface area contributed by atoms with Crippen LogP contribution in [0, 0.1) is 13.8 Å². The van der Waals surface area contributed by atoms with E-state index in [-0.39, 0.29) is 24.4 Å². The Balaban J connectivity index is 0.00000312. The van der Waals surface area contributed by atoms with Crippen LogP contribution < -0.4 is 15.8 Å². The molecule has 0 saturated heterocycles. The molecular weight excluding hydrogens is 336 g/mol. The van der Waals surface area contributed by atoms with Gasteiger partial charge in [-0.15, -0.1) is 12.4 Å². The Morgan fingerprint density at radius 2 is 1.68 bits per heavy atom. The van der Waals surface area contributed by atoms with Crippen molar-refractivity contribution in [3.05, 3.63) is 65.2 Å². The molecule has 2 aromatic rings. The summed E-state index contributed by atoms with van der Waals surface area (Å²) in [5, 5.41) is 2.94. The number of aryl methyl sites for hydroxylation is 2. The Hall–Kier alpha value is -2.04. The molecule has 25 heavy (non-hydrogen) atoms. The van der Waals surface area contributed by atoms with E-state index in [9.17, 15) is 4.79 Å². The highest BCUT2D eigenvalue weighted by molar-refractivity contribution is 5.87. The molecule has 1 amide bonds. The van der Waals surface area contributed by atoms with E-state index >= 15 is 0 Å². The summed E-state index contributed by atoms with van der Waals surface area (Å²) >= 11 is 0. The molecule has 2 rings (SSSR count). The number of carbonyl (C=O) groups is 1. The van der Waals surface area contributed by atoms with E-state index in [2.05, 4.69) is 5.32 Å². The molecule has 136 valence electrons. The second-order valence-electron chi connectivity index (χ2n) is 6.47. The zero-order valence-electron chi connectivity index (χ0n) is 15.2. The van der Waals surface area contributed by atoms with Crippen molar-refractivity contribution in [1.82, 2.24) is 5.32 Å². The van der Waals surface area contributed by atoms with Crippen LogP contribution in [-0.2, 0) is 10.3 Å². The van der Waals surface area contributed by atoms with Crippen molar-refractivity contribution in [2.45, 2.75) is 39.3 Å². The van der Waals surface area contributed by atoms with Crippen LogP contribution in [0.25, 0.3) is 0 Å². The molecule has 0 aromatic heterocycles. The molecule has 0 radical (unpaired) electrons. The van der Waals surface area contributed by atoms with Gasteiger partial charge in [0, 0.05) is 0 Å². The molecule has 2 atom stereocenters. The molecule has 0 heterocycles. The summed E-state index contributed by atoms with van der Waals surface area (Å²) < 4.78 is 5.89. The van der Waals surface area contributed by atoms with Crippen LogP contribution in [0.2, 0.25) is 0 Å². The molecule has 0 aliphatic carbocycles. The second-order valence-corrected chi connectivity index (χ2v) is 6.47. The van der Waals surface area contributed by atoms with E-state index in [4.69, 9.17) is 10.5 Å². The van der Waals surface area contributed by atoms with Gasteiger partial charge in [-0.05, 0) is 44.4 Å². The predicted molar refractivity (Wildman–Crippen MR) is 104 cm³/mol. The van der Waals surface area contributed by atoms with Gasteiger partial charge >= 0.3 is 0 Å². The van der Waals surface area contributed by atoms with Crippen molar-refractivity contribution >= 4 is 18.3 Å². The van der Waals surface area contributed by atoms with Crippen LogP contribution in [0.3, 0.4) is 0 Å². The summed E-state index contributed by atoms with van der Waals surface area (Å²) in [6.07, 6.45) is 0. The summed E-state index contributed by atoms with van der Waals surface area (Å²) in [4.78, 5) is 12.5. The van der Waals surface area contributed by atoms with Crippen LogP contribution in [-0.4, -0.2) is 18.6 Å². The number of para-hydroxylation sites is 1. The van der Waals surface area contributed by atoms with Gasteiger partial charge in [0.15, 0.2) is 0 Å². The lowest BCUT2D eigenvalue weighted by Crippen LogP contribution is -2.52. The number of nitrogens with one attached hydrogen (secondary N) is 1. The minimum atomic E-state index is -1.08. The van der Waals surface area contributed by atoms with Crippen LogP contribution in [0.15, 0.2) is 48.5 Å². The van der Waals surface area contributed by atoms with Crippen molar-refractivity contribution in [2.24, 2.45) is 5.73 Å². The lowest BCUT2D eigenvalue weighted by molar-refractivity contribution is -0.126.